The molecule has 0 radical (unpaired) electrons. The fourth-order valence-corrected chi connectivity index (χ4v) is 3.77. The number of pyridine rings is 1. The second-order valence-electron chi connectivity index (χ2n) is 7.01. The molecule has 7 nitrogen and oxygen atoms in total. The van der Waals surface area contributed by atoms with E-state index in [4.69, 9.17) is 25.8 Å². The van der Waals surface area contributed by atoms with Gasteiger partial charge in [-0.1, -0.05) is 23.7 Å². The van der Waals surface area contributed by atoms with Crippen LogP contribution in [0.1, 0.15) is 27.9 Å². The highest BCUT2D eigenvalue weighted by Gasteiger charge is 2.13. The van der Waals surface area contributed by atoms with Crippen LogP contribution in [0.4, 0.5) is 5.82 Å². The summed E-state index contributed by atoms with van der Waals surface area (Å²) in [5.74, 6) is 1.50. The molecule has 3 rings (SSSR count). The lowest BCUT2D eigenvalue weighted by Crippen LogP contribution is -2.04. The van der Waals surface area contributed by atoms with Crippen LogP contribution in [0.3, 0.4) is 0 Å². The Morgan fingerprint density at radius 3 is 2.61 bits per heavy atom. The van der Waals surface area contributed by atoms with Gasteiger partial charge in [0.05, 0.1) is 24.4 Å². The van der Waals surface area contributed by atoms with Crippen molar-refractivity contribution in [1.82, 2.24) is 4.98 Å². The Kier molecular flexibility index (Phi) is 8.66. The van der Waals surface area contributed by atoms with Crippen molar-refractivity contribution >= 4 is 39.6 Å². The molecule has 1 aromatic heterocycles. The normalized spacial score (nSPS) is 10.8. The van der Waals surface area contributed by atoms with E-state index in [1.165, 1.54) is 0 Å². The molecular formula is C24H22BrClN4O3. The predicted octanol–water partition coefficient (Wildman–Crippen LogP) is 5.86. The van der Waals surface area contributed by atoms with Gasteiger partial charge in [0.2, 0.25) is 0 Å². The van der Waals surface area contributed by atoms with E-state index in [0.717, 1.165) is 22.4 Å². The monoisotopic (exact) mass is 528 g/mol. The first-order valence-corrected chi connectivity index (χ1v) is 11.1. The van der Waals surface area contributed by atoms with E-state index in [1.54, 1.807) is 26.5 Å². The summed E-state index contributed by atoms with van der Waals surface area (Å²) in [6.45, 7) is 2.52. The molecule has 0 amide bonds. The zero-order valence-electron chi connectivity index (χ0n) is 18.4. The first-order chi connectivity index (χ1) is 15.9. The van der Waals surface area contributed by atoms with Crippen molar-refractivity contribution in [2.24, 2.45) is 5.10 Å². The Hall–Kier alpha value is -3.12. The van der Waals surface area contributed by atoms with E-state index in [0.29, 0.717) is 45.6 Å². The van der Waals surface area contributed by atoms with Gasteiger partial charge in [-0.3, -0.25) is 5.43 Å². The number of methoxy groups -OCH3 is 2. The number of hydrazone groups is 1. The average Bonchev–Trinajstić information content (AvgIpc) is 2.79. The molecule has 0 fully saturated rings. The van der Waals surface area contributed by atoms with Gasteiger partial charge >= 0.3 is 0 Å². The Balaban J connectivity index is 1.77. The smallest absolute Gasteiger partial charge is 0.175 e. The number of aryl methyl sites for hydroxylation is 1. The molecule has 1 N–H and O–H groups in total. The molecule has 33 heavy (non-hydrogen) atoms. The molecule has 0 aliphatic carbocycles. The molecule has 0 aliphatic rings. The van der Waals surface area contributed by atoms with E-state index in [9.17, 15) is 5.26 Å². The number of nitrogens with zero attached hydrogens (tertiary/aromatic N) is 3. The minimum absolute atomic E-state index is 0.312. The van der Waals surface area contributed by atoms with E-state index in [1.807, 2.05) is 43.3 Å². The van der Waals surface area contributed by atoms with Gasteiger partial charge in [-0.25, -0.2) is 4.98 Å². The molecule has 9 heteroatoms. The van der Waals surface area contributed by atoms with Crippen molar-refractivity contribution in [3.8, 4) is 17.6 Å². The van der Waals surface area contributed by atoms with Crippen molar-refractivity contribution in [2.75, 3.05) is 19.6 Å². The largest absolute Gasteiger partial charge is 0.493 e. The van der Waals surface area contributed by atoms with E-state index in [-0.39, 0.29) is 0 Å². The highest BCUT2D eigenvalue weighted by Crippen LogP contribution is 2.37. The van der Waals surface area contributed by atoms with Gasteiger partial charge in [0, 0.05) is 23.4 Å². The Morgan fingerprint density at radius 1 is 1.18 bits per heavy atom. The number of benzene rings is 2. The Bertz CT molecular complexity index is 1190. The molecule has 1 heterocycles. The lowest BCUT2D eigenvalue weighted by atomic mass is 10.1. The minimum atomic E-state index is 0.312. The summed E-state index contributed by atoms with van der Waals surface area (Å²) in [6.07, 6.45) is 1.61. The third-order valence-corrected chi connectivity index (χ3v) is 5.41. The van der Waals surface area contributed by atoms with Gasteiger partial charge < -0.3 is 14.2 Å². The second kappa shape index (κ2) is 11.7. The van der Waals surface area contributed by atoms with E-state index >= 15 is 0 Å². The van der Waals surface area contributed by atoms with Crippen molar-refractivity contribution < 1.29 is 14.2 Å². The molecule has 0 aliphatic heterocycles. The Labute approximate surface area is 206 Å². The first kappa shape index (κ1) is 24.5. The van der Waals surface area contributed by atoms with Gasteiger partial charge in [0.25, 0.3) is 0 Å². The van der Waals surface area contributed by atoms with Crippen LogP contribution in [0.2, 0.25) is 5.02 Å². The molecule has 0 atom stereocenters. The molecular weight excluding hydrogens is 508 g/mol. The quantitative estimate of drug-likeness (QED) is 0.276. The zero-order valence-corrected chi connectivity index (χ0v) is 20.7. The first-order valence-electron chi connectivity index (χ1n) is 9.88. The SMILES string of the molecule is COCc1cc(C)nc(N/N=C\c2cc(Br)c(OCc3ccc(Cl)cc3)c(OC)c2)c1C#N. The zero-order chi connectivity index (χ0) is 23.8. The standard InChI is InChI=1S/C24H22BrClN4O3/c1-15-8-18(14-31-2)20(11-27)24(29-15)30-28-12-17-9-21(25)23(22(10-17)32-3)33-13-16-4-6-19(26)7-5-16/h4-10,12H,13-14H2,1-3H3,(H,29,30)/b28-12-. The maximum Gasteiger partial charge on any atom is 0.175 e. The van der Waals surface area contributed by atoms with Gasteiger partial charge in [0.15, 0.2) is 17.3 Å². The topological polar surface area (TPSA) is 88.8 Å². The van der Waals surface area contributed by atoms with Crippen molar-refractivity contribution in [2.45, 2.75) is 20.1 Å². The van der Waals surface area contributed by atoms with Crippen molar-refractivity contribution in [1.29, 1.82) is 5.26 Å². The maximum atomic E-state index is 9.53. The van der Waals surface area contributed by atoms with Crippen LogP contribution in [0, 0.1) is 18.3 Å². The van der Waals surface area contributed by atoms with Gasteiger partial charge in [-0.2, -0.15) is 10.4 Å². The van der Waals surface area contributed by atoms with Gasteiger partial charge in [-0.15, -0.1) is 0 Å². The third-order valence-electron chi connectivity index (χ3n) is 4.57. The lowest BCUT2D eigenvalue weighted by molar-refractivity contribution is 0.184. The number of rotatable bonds is 9. The highest BCUT2D eigenvalue weighted by atomic mass is 79.9. The maximum absolute atomic E-state index is 9.53. The number of hydrogen-bond donors (Lipinski definition) is 1. The number of nitrogens with one attached hydrogen (secondary N) is 1. The number of hydrogen-bond acceptors (Lipinski definition) is 7. The van der Waals surface area contributed by atoms with Crippen LogP contribution in [-0.2, 0) is 18.0 Å². The summed E-state index contributed by atoms with van der Waals surface area (Å²) in [5.41, 5.74) is 6.49. The lowest BCUT2D eigenvalue weighted by Gasteiger charge is -2.13. The van der Waals surface area contributed by atoms with Crippen LogP contribution in [0.15, 0.2) is 52.0 Å². The van der Waals surface area contributed by atoms with E-state index < -0.39 is 0 Å². The Morgan fingerprint density at radius 2 is 1.94 bits per heavy atom. The molecule has 0 unspecified atom stereocenters. The van der Waals surface area contributed by atoms with Crippen molar-refractivity contribution in [3.63, 3.8) is 0 Å². The van der Waals surface area contributed by atoms with Crippen LogP contribution >= 0.6 is 27.5 Å². The van der Waals surface area contributed by atoms with Crippen LogP contribution in [0.5, 0.6) is 11.5 Å². The molecule has 2 aromatic carbocycles. The molecule has 0 saturated carbocycles. The average molecular weight is 530 g/mol. The van der Waals surface area contributed by atoms with E-state index in [2.05, 4.69) is 37.5 Å². The number of ether oxygens (including phenoxy) is 3. The van der Waals surface area contributed by atoms with Crippen LogP contribution in [-0.4, -0.2) is 25.4 Å². The molecule has 0 bridgehead atoms. The summed E-state index contributed by atoms with van der Waals surface area (Å²) < 4.78 is 17.4. The number of aromatic nitrogens is 1. The summed E-state index contributed by atoms with van der Waals surface area (Å²) in [5, 5.41) is 14.5. The predicted molar refractivity (Wildman–Crippen MR) is 132 cm³/mol. The van der Waals surface area contributed by atoms with Crippen LogP contribution < -0.4 is 14.9 Å². The van der Waals surface area contributed by atoms with Crippen LogP contribution in [0.25, 0.3) is 0 Å². The molecule has 3 aromatic rings. The summed E-state index contributed by atoms with van der Waals surface area (Å²) in [7, 11) is 3.15. The molecule has 170 valence electrons. The number of nitriles is 1. The van der Waals surface area contributed by atoms with Crippen molar-refractivity contribution in [3.05, 3.63) is 79.9 Å². The fraction of sp³-hybridized carbons (Fsp3) is 0.208. The van der Waals surface area contributed by atoms with Gasteiger partial charge in [0.1, 0.15) is 18.2 Å². The molecule has 0 saturated heterocycles. The summed E-state index contributed by atoms with van der Waals surface area (Å²) in [6, 6.07) is 15.1. The summed E-state index contributed by atoms with van der Waals surface area (Å²) in [4.78, 5) is 4.38. The third kappa shape index (κ3) is 6.45. The second-order valence-corrected chi connectivity index (χ2v) is 8.30. The highest BCUT2D eigenvalue weighted by molar-refractivity contribution is 9.10. The molecule has 0 spiro atoms. The number of anilines is 1. The minimum Gasteiger partial charge on any atom is -0.493 e. The number of halogens is 2. The summed E-state index contributed by atoms with van der Waals surface area (Å²) >= 11 is 9.48. The fourth-order valence-electron chi connectivity index (χ4n) is 3.07. The van der Waals surface area contributed by atoms with Gasteiger partial charge in [-0.05, 0) is 64.3 Å².